The average Bonchev–Trinajstić information content (AvgIpc) is 3.25. The molecule has 150 valence electrons. The molecular weight excluding hydrogens is 352 g/mol. The van der Waals surface area contributed by atoms with Gasteiger partial charge in [0.05, 0.1) is 25.9 Å². The van der Waals surface area contributed by atoms with Gasteiger partial charge in [-0.25, -0.2) is 0 Å². The Morgan fingerprint density at radius 3 is 2.61 bits per heavy atom. The van der Waals surface area contributed by atoms with Crippen molar-refractivity contribution in [3.05, 3.63) is 65.2 Å². The molecule has 0 radical (unpaired) electrons. The van der Waals surface area contributed by atoms with Gasteiger partial charge in [0.15, 0.2) is 0 Å². The number of hydrogen-bond acceptors (Lipinski definition) is 5. The Balaban J connectivity index is 1.76. The summed E-state index contributed by atoms with van der Waals surface area (Å²) in [5, 5.41) is 14.4. The highest BCUT2D eigenvalue weighted by molar-refractivity contribution is 5.41. The first kappa shape index (κ1) is 19.4. The summed E-state index contributed by atoms with van der Waals surface area (Å²) in [6.45, 7) is 2.60. The SMILES string of the molecule is COCc1cc([C@@H]2N[C@@](CO)(c3ccccc3)[C@@H]3CN(C)C[C@@H]32)ccc1OC. The van der Waals surface area contributed by atoms with Crippen LogP contribution in [0.4, 0.5) is 0 Å². The lowest BCUT2D eigenvalue weighted by atomic mass is 9.76. The van der Waals surface area contributed by atoms with Crippen molar-refractivity contribution in [3.8, 4) is 5.75 Å². The van der Waals surface area contributed by atoms with Gasteiger partial charge in [-0.15, -0.1) is 0 Å². The third-order valence-corrected chi connectivity index (χ3v) is 6.52. The zero-order chi connectivity index (χ0) is 19.7. The second-order valence-corrected chi connectivity index (χ2v) is 8.11. The molecular formula is C23H30N2O3. The first-order chi connectivity index (χ1) is 13.6. The van der Waals surface area contributed by atoms with Crippen LogP contribution in [0.1, 0.15) is 22.7 Å². The van der Waals surface area contributed by atoms with Gasteiger partial charge in [0.25, 0.3) is 0 Å². The Morgan fingerprint density at radius 1 is 1.14 bits per heavy atom. The van der Waals surface area contributed by atoms with E-state index < -0.39 is 5.54 Å². The second-order valence-electron chi connectivity index (χ2n) is 8.11. The first-order valence-corrected chi connectivity index (χ1v) is 9.91. The molecule has 2 aromatic carbocycles. The minimum Gasteiger partial charge on any atom is -0.496 e. The second kappa shape index (κ2) is 7.84. The molecule has 2 fully saturated rings. The quantitative estimate of drug-likeness (QED) is 0.804. The standard InChI is InChI=1S/C23H30N2O3/c1-25-12-19-20(13-25)23(15-26,18-7-5-4-6-8-18)24-22(19)16-9-10-21(28-3)17(11-16)14-27-2/h4-11,19-20,22,24,26H,12-15H2,1-3H3/t19-,20+,22-,23-/m0/s1. The smallest absolute Gasteiger partial charge is 0.124 e. The molecule has 2 aliphatic heterocycles. The number of fused-ring (bicyclic) bond motifs is 1. The van der Waals surface area contributed by atoms with Crippen molar-refractivity contribution >= 4 is 0 Å². The van der Waals surface area contributed by atoms with E-state index in [2.05, 4.69) is 53.7 Å². The lowest BCUT2D eigenvalue weighted by Crippen LogP contribution is -2.47. The van der Waals surface area contributed by atoms with Crippen LogP contribution in [0, 0.1) is 11.8 Å². The molecule has 2 aliphatic rings. The monoisotopic (exact) mass is 382 g/mol. The molecule has 0 bridgehead atoms. The molecule has 0 amide bonds. The third kappa shape index (κ3) is 3.12. The van der Waals surface area contributed by atoms with Crippen LogP contribution >= 0.6 is 0 Å². The van der Waals surface area contributed by atoms with E-state index >= 15 is 0 Å². The van der Waals surface area contributed by atoms with Crippen LogP contribution in [0.2, 0.25) is 0 Å². The van der Waals surface area contributed by atoms with Crippen LogP contribution < -0.4 is 10.1 Å². The highest BCUT2D eigenvalue weighted by Gasteiger charge is 2.56. The number of benzene rings is 2. The molecule has 5 heteroatoms. The van der Waals surface area contributed by atoms with Gasteiger partial charge >= 0.3 is 0 Å². The summed E-state index contributed by atoms with van der Waals surface area (Å²) in [5.74, 6) is 1.63. The van der Waals surface area contributed by atoms with Crippen molar-refractivity contribution in [1.82, 2.24) is 10.2 Å². The number of nitrogens with zero attached hydrogens (tertiary/aromatic N) is 1. The van der Waals surface area contributed by atoms with E-state index in [1.807, 2.05) is 12.1 Å². The first-order valence-electron chi connectivity index (χ1n) is 9.91. The number of likely N-dealkylation sites (tertiary alicyclic amines) is 1. The molecule has 2 saturated heterocycles. The molecule has 2 heterocycles. The predicted octanol–water partition coefficient (Wildman–Crippen LogP) is 2.55. The molecule has 4 atom stereocenters. The molecule has 0 spiro atoms. The Bertz CT molecular complexity index is 813. The zero-order valence-corrected chi connectivity index (χ0v) is 16.9. The van der Waals surface area contributed by atoms with Gasteiger partial charge in [0, 0.05) is 37.7 Å². The third-order valence-electron chi connectivity index (χ3n) is 6.52. The normalized spacial score (nSPS) is 29.8. The van der Waals surface area contributed by atoms with Crippen LogP contribution in [0.3, 0.4) is 0 Å². The van der Waals surface area contributed by atoms with Gasteiger partial charge in [-0.1, -0.05) is 36.4 Å². The van der Waals surface area contributed by atoms with Gasteiger partial charge in [-0.2, -0.15) is 0 Å². The van der Waals surface area contributed by atoms with E-state index in [4.69, 9.17) is 9.47 Å². The molecule has 0 saturated carbocycles. The van der Waals surface area contributed by atoms with Crippen LogP contribution in [-0.4, -0.2) is 51.0 Å². The fourth-order valence-electron chi connectivity index (χ4n) is 5.26. The van der Waals surface area contributed by atoms with Gasteiger partial charge in [0.1, 0.15) is 5.75 Å². The number of methoxy groups -OCH3 is 2. The van der Waals surface area contributed by atoms with Crippen molar-refractivity contribution in [2.75, 3.05) is 41.0 Å². The topological polar surface area (TPSA) is 54.0 Å². The Kier molecular flexibility index (Phi) is 5.43. The van der Waals surface area contributed by atoms with Crippen LogP contribution in [-0.2, 0) is 16.9 Å². The largest absolute Gasteiger partial charge is 0.496 e. The highest BCUT2D eigenvalue weighted by Crippen LogP contribution is 2.51. The lowest BCUT2D eigenvalue weighted by molar-refractivity contribution is 0.129. The van der Waals surface area contributed by atoms with Crippen LogP contribution in [0.25, 0.3) is 0 Å². The number of aliphatic hydroxyl groups is 1. The molecule has 2 N–H and O–H groups in total. The Morgan fingerprint density at radius 2 is 1.93 bits per heavy atom. The summed E-state index contributed by atoms with van der Waals surface area (Å²) in [5.41, 5.74) is 3.01. The maximum absolute atomic E-state index is 10.6. The van der Waals surface area contributed by atoms with Crippen molar-refractivity contribution in [1.29, 1.82) is 0 Å². The van der Waals surface area contributed by atoms with E-state index in [0.717, 1.165) is 30.0 Å². The molecule has 0 aliphatic carbocycles. The zero-order valence-electron chi connectivity index (χ0n) is 16.9. The van der Waals surface area contributed by atoms with E-state index in [9.17, 15) is 5.11 Å². The highest BCUT2D eigenvalue weighted by atomic mass is 16.5. The number of rotatable bonds is 6. The summed E-state index contributed by atoms with van der Waals surface area (Å²) >= 11 is 0. The van der Waals surface area contributed by atoms with Gasteiger partial charge in [-0.3, -0.25) is 5.32 Å². The van der Waals surface area contributed by atoms with Crippen molar-refractivity contribution < 1.29 is 14.6 Å². The number of ether oxygens (including phenoxy) is 2. The summed E-state index contributed by atoms with van der Waals surface area (Å²) in [7, 11) is 5.57. The Labute approximate surface area is 167 Å². The van der Waals surface area contributed by atoms with Gasteiger partial charge < -0.3 is 19.5 Å². The van der Waals surface area contributed by atoms with Crippen LogP contribution in [0.5, 0.6) is 5.75 Å². The minimum absolute atomic E-state index is 0.0869. The van der Waals surface area contributed by atoms with E-state index in [1.165, 1.54) is 5.56 Å². The molecule has 0 aromatic heterocycles. The molecule has 4 rings (SSSR count). The summed E-state index contributed by atoms with van der Waals surface area (Å²) in [4.78, 5) is 2.39. The molecule has 0 unspecified atom stereocenters. The fourth-order valence-corrected chi connectivity index (χ4v) is 5.26. The minimum atomic E-state index is -0.428. The number of nitrogens with one attached hydrogen (secondary N) is 1. The van der Waals surface area contributed by atoms with Gasteiger partial charge in [-0.05, 0) is 36.2 Å². The van der Waals surface area contributed by atoms with E-state index in [0.29, 0.717) is 18.4 Å². The van der Waals surface area contributed by atoms with E-state index in [1.54, 1.807) is 14.2 Å². The van der Waals surface area contributed by atoms with E-state index in [-0.39, 0.29) is 12.6 Å². The number of hydrogen-bond donors (Lipinski definition) is 2. The maximum atomic E-state index is 10.6. The molecule has 5 nitrogen and oxygen atoms in total. The average molecular weight is 383 g/mol. The summed E-state index contributed by atoms with van der Waals surface area (Å²) < 4.78 is 10.9. The van der Waals surface area contributed by atoms with Crippen molar-refractivity contribution in [3.63, 3.8) is 0 Å². The molecule has 2 aromatic rings. The van der Waals surface area contributed by atoms with Crippen molar-refractivity contribution in [2.45, 2.75) is 18.2 Å². The summed E-state index contributed by atoms with van der Waals surface area (Å²) in [6, 6.07) is 16.9. The van der Waals surface area contributed by atoms with Crippen molar-refractivity contribution in [2.24, 2.45) is 11.8 Å². The van der Waals surface area contributed by atoms with Gasteiger partial charge in [0.2, 0.25) is 0 Å². The summed E-state index contributed by atoms with van der Waals surface area (Å²) in [6.07, 6.45) is 0. The Hall–Kier alpha value is -1.92. The van der Waals surface area contributed by atoms with Crippen LogP contribution in [0.15, 0.2) is 48.5 Å². The number of aliphatic hydroxyl groups excluding tert-OH is 1. The maximum Gasteiger partial charge on any atom is 0.124 e. The lowest BCUT2D eigenvalue weighted by Gasteiger charge is -2.35. The fraction of sp³-hybridized carbons (Fsp3) is 0.478. The predicted molar refractivity (Wildman–Crippen MR) is 109 cm³/mol. The molecule has 28 heavy (non-hydrogen) atoms.